The van der Waals surface area contributed by atoms with Crippen molar-refractivity contribution in [3.05, 3.63) is 17.9 Å². The molecule has 1 aliphatic rings. The van der Waals surface area contributed by atoms with Gasteiger partial charge in [-0.05, 0) is 36.8 Å². The Kier molecular flexibility index (Phi) is 3.77. The van der Waals surface area contributed by atoms with Crippen LogP contribution < -0.4 is 4.74 Å². The number of hydrogen-bond donors (Lipinski definition) is 0. The van der Waals surface area contributed by atoms with Gasteiger partial charge in [0.15, 0.2) is 0 Å². The van der Waals surface area contributed by atoms with Gasteiger partial charge in [0.05, 0.1) is 0 Å². The zero-order valence-electron chi connectivity index (χ0n) is 11.1. The highest BCUT2D eigenvalue weighted by Crippen LogP contribution is 2.27. The lowest BCUT2D eigenvalue weighted by atomic mass is 9.88. The molecule has 2 atom stereocenters. The first-order valence-electron chi connectivity index (χ1n) is 6.65. The molecule has 1 saturated carbocycles. The van der Waals surface area contributed by atoms with E-state index >= 15 is 0 Å². The molecule has 0 radical (unpaired) electrons. The minimum atomic E-state index is 0.0870. The Balaban J connectivity index is 1.82. The molecular weight excluding hydrogens is 280 g/mol. The summed E-state index contributed by atoms with van der Waals surface area (Å²) in [4.78, 5) is 16.1. The van der Waals surface area contributed by atoms with Crippen LogP contribution >= 0.6 is 11.6 Å². The van der Waals surface area contributed by atoms with Crippen LogP contribution in [0.15, 0.2) is 12.7 Å². The fraction of sp³-hybridized carbons (Fsp3) is 0.583. The highest BCUT2D eigenvalue weighted by molar-refractivity contribution is 6.28. The predicted molar refractivity (Wildman–Crippen MR) is 71.8 cm³/mol. The van der Waals surface area contributed by atoms with E-state index in [1.165, 1.54) is 36.6 Å². The van der Waals surface area contributed by atoms with Gasteiger partial charge in [0.25, 0.3) is 5.95 Å². The fourth-order valence-corrected chi connectivity index (χ4v) is 2.53. The number of rotatable bonds is 3. The third-order valence-electron chi connectivity index (χ3n) is 3.49. The van der Waals surface area contributed by atoms with Crippen LogP contribution in [-0.4, -0.2) is 35.8 Å². The lowest BCUT2D eigenvalue weighted by molar-refractivity contribution is 0.0919. The highest BCUT2D eigenvalue weighted by atomic mass is 35.5. The van der Waals surface area contributed by atoms with E-state index in [0.717, 1.165) is 6.42 Å². The van der Waals surface area contributed by atoms with E-state index in [0.29, 0.717) is 11.9 Å². The van der Waals surface area contributed by atoms with Gasteiger partial charge in [-0.2, -0.15) is 24.7 Å². The van der Waals surface area contributed by atoms with E-state index in [4.69, 9.17) is 16.3 Å². The zero-order chi connectivity index (χ0) is 13.9. The summed E-state index contributed by atoms with van der Waals surface area (Å²) in [5.41, 5.74) is 0. The molecule has 0 N–H and O–H groups in total. The first kappa shape index (κ1) is 13.2. The van der Waals surface area contributed by atoms with E-state index in [9.17, 15) is 0 Å². The second-order valence-electron chi connectivity index (χ2n) is 4.95. The molecule has 7 nitrogen and oxygen atoms in total. The Labute approximate surface area is 121 Å². The van der Waals surface area contributed by atoms with E-state index in [2.05, 4.69) is 32.0 Å². The monoisotopic (exact) mass is 294 g/mol. The van der Waals surface area contributed by atoms with E-state index < -0.39 is 0 Å². The van der Waals surface area contributed by atoms with E-state index in [1.807, 2.05) is 0 Å². The summed E-state index contributed by atoms with van der Waals surface area (Å²) in [6.45, 7) is 2.19. The SMILES string of the molecule is CC1CCCCC1Oc1nc(Cl)nc(-n2cncn2)n1. The van der Waals surface area contributed by atoms with Crippen molar-refractivity contribution in [3.8, 4) is 12.0 Å². The average molecular weight is 295 g/mol. The van der Waals surface area contributed by atoms with Crippen molar-refractivity contribution in [2.45, 2.75) is 38.7 Å². The highest BCUT2D eigenvalue weighted by Gasteiger charge is 2.24. The van der Waals surface area contributed by atoms with Crippen molar-refractivity contribution in [3.63, 3.8) is 0 Å². The third-order valence-corrected chi connectivity index (χ3v) is 3.66. The molecule has 0 spiro atoms. The lowest BCUT2D eigenvalue weighted by Crippen LogP contribution is -2.29. The quantitative estimate of drug-likeness (QED) is 0.862. The van der Waals surface area contributed by atoms with Gasteiger partial charge in [-0.25, -0.2) is 4.98 Å². The Hall–Kier alpha value is -1.76. The summed E-state index contributed by atoms with van der Waals surface area (Å²) >= 11 is 5.92. The normalized spacial score (nSPS) is 22.7. The molecule has 1 aliphatic carbocycles. The summed E-state index contributed by atoms with van der Waals surface area (Å²) in [5.74, 6) is 0.801. The van der Waals surface area contributed by atoms with Gasteiger partial charge in [-0.1, -0.05) is 13.3 Å². The van der Waals surface area contributed by atoms with Crippen LogP contribution in [0, 0.1) is 5.92 Å². The van der Waals surface area contributed by atoms with Crippen LogP contribution in [0.5, 0.6) is 6.01 Å². The summed E-state index contributed by atoms with van der Waals surface area (Å²) in [5, 5.41) is 4.06. The number of halogens is 1. The molecule has 3 rings (SSSR count). The Morgan fingerprint density at radius 2 is 2.10 bits per heavy atom. The maximum Gasteiger partial charge on any atom is 0.322 e. The van der Waals surface area contributed by atoms with Crippen LogP contribution in [0.2, 0.25) is 5.28 Å². The van der Waals surface area contributed by atoms with E-state index in [-0.39, 0.29) is 17.4 Å². The molecule has 2 unspecified atom stereocenters. The van der Waals surface area contributed by atoms with Gasteiger partial charge >= 0.3 is 6.01 Å². The van der Waals surface area contributed by atoms with Crippen LogP contribution in [-0.2, 0) is 0 Å². The largest absolute Gasteiger partial charge is 0.460 e. The number of nitrogens with zero attached hydrogens (tertiary/aromatic N) is 6. The first-order valence-corrected chi connectivity index (χ1v) is 7.03. The Morgan fingerprint density at radius 3 is 2.85 bits per heavy atom. The standard InChI is InChI=1S/C12H15ClN6O/c1-8-4-2-3-5-9(8)20-12-17-10(13)16-11(18-12)19-7-14-6-15-19/h6-9H,2-5H2,1H3. The summed E-state index contributed by atoms with van der Waals surface area (Å²) in [6, 6.07) is 0.245. The molecule has 106 valence electrons. The second kappa shape index (κ2) is 5.70. The molecule has 2 aromatic rings. The van der Waals surface area contributed by atoms with Gasteiger partial charge in [0.1, 0.15) is 18.8 Å². The minimum Gasteiger partial charge on any atom is -0.460 e. The minimum absolute atomic E-state index is 0.0870. The molecule has 1 fully saturated rings. The molecule has 0 amide bonds. The molecule has 2 heterocycles. The van der Waals surface area contributed by atoms with Crippen molar-refractivity contribution >= 4 is 11.6 Å². The van der Waals surface area contributed by atoms with Gasteiger partial charge in [-0.15, -0.1) is 0 Å². The van der Waals surface area contributed by atoms with Gasteiger partial charge in [0, 0.05) is 0 Å². The predicted octanol–water partition coefficient (Wildman–Crippen LogP) is 2.06. The molecule has 20 heavy (non-hydrogen) atoms. The molecule has 0 bridgehead atoms. The molecule has 0 aliphatic heterocycles. The zero-order valence-corrected chi connectivity index (χ0v) is 11.9. The maximum absolute atomic E-state index is 5.92. The molecule has 0 aromatic carbocycles. The average Bonchev–Trinajstić information content (AvgIpc) is 2.95. The summed E-state index contributed by atoms with van der Waals surface area (Å²) < 4.78 is 7.30. The van der Waals surface area contributed by atoms with Crippen LogP contribution in [0.1, 0.15) is 32.6 Å². The first-order chi connectivity index (χ1) is 9.72. The second-order valence-corrected chi connectivity index (χ2v) is 5.28. The summed E-state index contributed by atoms with van der Waals surface area (Å²) in [7, 11) is 0. The molecular formula is C12H15ClN6O. The molecule has 8 heteroatoms. The van der Waals surface area contributed by atoms with Crippen molar-refractivity contribution in [2.24, 2.45) is 5.92 Å². The van der Waals surface area contributed by atoms with E-state index in [1.54, 1.807) is 0 Å². The van der Waals surface area contributed by atoms with Crippen LogP contribution in [0.25, 0.3) is 5.95 Å². The molecule has 0 saturated heterocycles. The number of hydrogen-bond acceptors (Lipinski definition) is 6. The van der Waals surface area contributed by atoms with Crippen molar-refractivity contribution < 1.29 is 4.74 Å². The third kappa shape index (κ3) is 2.87. The smallest absolute Gasteiger partial charge is 0.322 e. The van der Waals surface area contributed by atoms with Gasteiger partial charge in [-0.3, -0.25) is 0 Å². The number of aromatic nitrogens is 6. The van der Waals surface area contributed by atoms with Crippen molar-refractivity contribution in [2.75, 3.05) is 0 Å². The topological polar surface area (TPSA) is 78.6 Å². The summed E-state index contributed by atoms with van der Waals surface area (Å²) in [6.07, 6.45) is 7.64. The number of ether oxygens (including phenoxy) is 1. The van der Waals surface area contributed by atoms with Crippen LogP contribution in [0.4, 0.5) is 0 Å². The van der Waals surface area contributed by atoms with Gasteiger partial charge in [0.2, 0.25) is 5.28 Å². The Morgan fingerprint density at radius 1 is 1.25 bits per heavy atom. The molecule has 2 aromatic heterocycles. The van der Waals surface area contributed by atoms with Gasteiger partial charge < -0.3 is 4.74 Å². The maximum atomic E-state index is 5.92. The van der Waals surface area contributed by atoms with Crippen molar-refractivity contribution in [1.82, 2.24) is 29.7 Å². The Bertz CT molecular complexity index is 575. The van der Waals surface area contributed by atoms with Crippen LogP contribution in [0.3, 0.4) is 0 Å². The fourth-order valence-electron chi connectivity index (χ4n) is 2.38. The lowest BCUT2D eigenvalue weighted by Gasteiger charge is -2.28. The van der Waals surface area contributed by atoms with Crippen molar-refractivity contribution in [1.29, 1.82) is 0 Å².